The molecule has 0 unspecified atom stereocenters. The number of hydrogen-bond donors (Lipinski definition) is 3. The first-order chi connectivity index (χ1) is 9.19. The van der Waals surface area contributed by atoms with Gasteiger partial charge in [-0.05, 0) is 29.2 Å². The number of hydrogen-bond acceptors (Lipinski definition) is 6. The van der Waals surface area contributed by atoms with E-state index in [1.807, 2.05) is 0 Å². The minimum absolute atomic E-state index is 0.132. The van der Waals surface area contributed by atoms with Gasteiger partial charge in [0.05, 0.1) is 6.20 Å². The number of amides is 1. The molecule has 7 nitrogen and oxygen atoms in total. The predicted octanol–water partition coefficient (Wildman–Crippen LogP) is 1.08. The molecule has 0 aliphatic rings. The molecule has 0 saturated heterocycles. The average Bonchev–Trinajstić information content (AvgIpc) is 2.95. The van der Waals surface area contributed by atoms with Crippen molar-refractivity contribution in [3.63, 3.8) is 0 Å². The number of nitrogens with one attached hydrogen (secondary N) is 1. The van der Waals surface area contributed by atoms with Crippen LogP contribution in [0.2, 0.25) is 0 Å². The quantitative estimate of drug-likeness (QED) is 0.335. The fraction of sp³-hybridized carbons (Fsp3) is 0.0909. The second-order valence-corrected chi connectivity index (χ2v) is 4.49. The molecule has 0 fully saturated rings. The molecule has 19 heavy (non-hydrogen) atoms. The van der Waals surface area contributed by atoms with Crippen molar-refractivity contribution >= 4 is 29.0 Å². The van der Waals surface area contributed by atoms with Gasteiger partial charge < -0.3 is 16.3 Å². The molecule has 1 amide bonds. The van der Waals surface area contributed by atoms with E-state index in [1.54, 1.807) is 24.3 Å². The van der Waals surface area contributed by atoms with E-state index in [-0.39, 0.29) is 11.7 Å². The number of carbonyl (C=O) groups excluding carboxylic acids is 1. The van der Waals surface area contributed by atoms with Crippen LogP contribution in [0.3, 0.4) is 0 Å². The first kappa shape index (κ1) is 13.0. The zero-order valence-electron chi connectivity index (χ0n) is 9.78. The Bertz CT molecular complexity index is 580. The number of aromatic nitrogens is 2. The first-order valence-electron chi connectivity index (χ1n) is 5.33. The Hall–Kier alpha value is -2.48. The lowest BCUT2D eigenvalue weighted by Crippen LogP contribution is -2.14. The highest BCUT2D eigenvalue weighted by Gasteiger charge is 2.08. The smallest absolute Gasteiger partial charge is 0.269 e. The van der Waals surface area contributed by atoms with E-state index in [2.05, 4.69) is 20.1 Å². The number of oxime groups is 1. The fourth-order valence-corrected chi connectivity index (χ4v) is 1.82. The highest BCUT2D eigenvalue weighted by atomic mass is 32.1. The van der Waals surface area contributed by atoms with E-state index >= 15 is 0 Å². The average molecular weight is 277 g/mol. The second-order valence-electron chi connectivity index (χ2n) is 3.70. The van der Waals surface area contributed by atoms with Crippen LogP contribution in [0.25, 0.3) is 0 Å². The molecule has 0 radical (unpaired) electrons. The monoisotopic (exact) mass is 277 g/mol. The second kappa shape index (κ2) is 5.91. The topological polar surface area (TPSA) is 113 Å². The zero-order chi connectivity index (χ0) is 13.7. The van der Waals surface area contributed by atoms with Crippen molar-refractivity contribution in [1.82, 2.24) is 9.59 Å². The summed E-state index contributed by atoms with van der Waals surface area (Å²) in [7, 11) is 0. The minimum Gasteiger partial charge on any atom is -0.409 e. The lowest BCUT2D eigenvalue weighted by atomic mass is 10.1. The molecule has 4 N–H and O–H groups in total. The lowest BCUT2D eigenvalue weighted by Gasteiger charge is -2.04. The third-order valence-electron chi connectivity index (χ3n) is 2.31. The molecular weight excluding hydrogens is 266 g/mol. The lowest BCUT2D eigenvalue weighted by molar-refractivity contribution is 0.103. The molecule has 1 heterocycles. The Balaban J connectivity index is 2.01. The molecule has 0 aliphatic heterocycles. The highest BCUT2D eigenvalue weighted by Crippen LogP contribution is 2.12. The number of benzene rings is 1. The maximum atomic E-state index is 11.7. The van der Waals surface area contributed by atoms with E-state index in [4.69, 9.17) is 10.9 Å². The molecule has 0 saturated carbocycles. The van der Waals surface area contributed by atoms with Crippen molar-refractivity contribution in [2.45, 2.75) is 6.42 Å². The summed E-state index contributed by atoms with van der Waals surface area (Å²) in [4.78, 5) is 12.2. The molecule has 0 spiro atoms. The Labute approximate surface area is 112 Å². The van der Waals surface area contributed by atoms with Gasteiger partial charge in [-0.15, -0.1) is 5.10 Å². The van der Waals surface area contributed by atoms with Crippen LogP contribution in [0.4, 0.5) is 5.69 Å². The van der Waals surface area contributed by atoms with Crippen LogP contribution in [0, 0.1) is 0 Å². The summed E-state index contributed by atoms with van der Waals surface area (Å²) in [6.07, 6.45) is 1.76. The van der Waals surface area contributed by atoms with E-state index in [0.29, 0.717) is 17.0 Å². The number of carbonyl (C=O) groups is 1. The number of rotatable bonds is 4. The third-order valence-corrected chi connectivity index (χ3v) is 2.97. The van der Waals surface area contributed by atoms with Gasteiger partial charge in [-0.2, -0.15) is 0 Å². The molecule has 98 valence electrons. The molecule has 2 aromatic rings. The SMILES string of the molecule is NC(Cc1ccc(NC(=O)c2cnns2)cc1)=NO. The van der Waals surface area contributed by atoms with Crippen molar-refractivity contribution in [2.24, 2.45) is 10.9 Å². The van der Waals surface area contributed by atoms with E-state index in [1.165, 1.54) is 6.20 Å². The van der Waals surface area contributed by atoms with Crippen LogP contribution in [-0.2, 0) is 6.42 Å². The molecule has 1 aromatic carbocycles. The van der Waals surface area contributed by atoms with Crippen LogP contribution in [0.5, 0.6) is 0 Å². The van der Waals surface area contributed by atoms with Gasteiger partial charge in [0.2, 0.25) is 0 Å². The Morgan fingerprint density at radius 2 is 2.16 bits per heavy atom. The van der Waals surface area contributed by atoms with Crippen molar-refractivity contribution in [3.8, 4) is 0 Å². The number of nitrogens with two attached hydrogens (primary N) is 1. The van der Waals surface area contributed by atoms with Crippen LogP contribution in [-0.4, -0.2) is 26.5 Å². The highest BCUT2D eigenvalue weighted by molar-refractivity contribution is 7.07. The standard InChI is InChI=1S/C11H11N5O2S/c12-10(15-18)5-7-1-3-8(4-2-7)14-11(17)9-6-13-16-19-9/h1-4,6,18H,5H2,(H2,12,15)(H,14,17). The van der Waals surface area contributed by atoms with E-state index < -0.39 is 0 Å². The largest absolute Gasteiger partial charge is 0.409 e. The first-order valence-corrected chi connectivity index (χ1v) is 6.10. The van der Waals surface area contributed by atoms with Gasteiger partial charge in [-0.3, -0.25) is 4.79 Å². The number of anilines is 1. The van der Waals surface area contributed by atoms with E-state index in [0.717, 1.165) is 17.1 Å². The Kier molecular flexibility index (Phi) is 4.04. The van der Waals surface area contributed by atoms with Gasteiger partial charge in [0.15, 0.2) is 0 Å². The van der Waals surface area contributed by atoms with Crippen molar-refractivity contribution in [3.05, 3.63) is 40.9 Å². The molecular formula is C11H11N5O2S. The summed E-state index contributed by atoms with van der Waals surface area (Å²) in [6.45, 7) is 0. The maximum Gasteiger partial charge on any atom is 0.269 e. The van der Waals surface area contributed by atoms with Crippen LogP contribution in [0.1, 0.15) is 15.2 Å². The molecule has 1 aromatic heterocycles. The summed E-state index contributed by atoms with van der Waals surface area (Å²) in [6, 6.07) is 7.07. The summed E-state index contributed by atoms with van der Waals surface area (Å²) >= 11 is 1.03. The van der Waals surface area contributed by atoms with Gasteiger partial charge in [0.1, 0.15) is 10.7 Å². The molecule has 8 heteroatoms. The van der Waals surface area contributed by atoms with Crippen molar-refractivity contribution < 1.29 is 10.0 Å². The summed E-state index contributed by atoms with van der Waals surface area (Å²) in [5.41, 5.74) is 6.94. The zero-order valence-corrected chi connectivity index (χ0v) is 10.6. The van der Waals surface area contributed by atoms with Gasteiger partial charge >= 0.3 is 0 Å². The van der Waals surface area contributed by atoms with Crippen LogP contribution < -0.4 is 11.1 Å². The molecule has 2 rings (SSSR count). The third kappa shape index (κ3) is 3.49. The van der Waals surface area contributed by atoms with Gasteiger partial charge in [-0.25, -0.2) is 0 Å². The predicted molar refractivity (Wildman–Crippen MR) is 71.4 cm³/mol. The van der Waals surface area contributed by atoms with Crippen LogP contribution in [0.15, 0.2) is 35.6 Å². The van der Waals surface area contributed by atoms with Gasteiger partial charge in [0, 0.05) is 12.1 Å². The normalized spacial score (nSPS) is 11.3. The molecule has 0 bridgehead atoms. The van der Waals surface area contributed by atoms with Gasteiger partial charge in [-0.1, -0.05) is 21.8 Å². The molecule has 0 aliphatic carbocycles. The Morgan fingerprint density at radius 1 is 1.42 bits per heavy atom. The number of amidine groups is 1. The summed E-state index contributed by atoms with van der Waals surface area (Å²) < 4.78 is 3.62. The van der Waals surface area contributed by atoms with Crippen molar-refractivity contribution in [2.75, 3.05) is 5.32 Å². The molecule has 0 atom stereocenters. The van der Waals surface area contributed by atoms with Crippen LogP contribution >= 0.6 is 11.5 Å². The summed E-state index contributed by atoms with van der Waals surface area (Å²) in [5.74, 6) is -0.119. The van der Waals surface area contributed by atoms with E-state index in [9.17, 15) is 4.79 Å². The number of nitrogens with zero attached hydrogens (tertiary/aromatic N) is 3. The maximum absolute atomic E-state index is 11.7. The minimum atomic E-state index is -0.251. The van der Waals surface area contributed by atoms with Gasteiger partial charge in [0.25, 0.3) is 5.91 Å². The van der Waals surface area contributed by atoms with Crippen molar-refractivity contribution in [1.29, 1.82) is 0 Å². The summed E-state index contributed by atoms with van der Waals surface area (Å²) in [5, 5.41) is 17.7. The Morgan fingerprint density at radius 3 is 2.74 bits per heavy atom. The fourth-order valence-electron chi connectivity index (χ4n) is 1.41.